The Kier molecular flexibility index (Phi) is 33.4. The molecule has 0 fully saturated rings. The Bertz CT molecular complexity index is 5570. The second kappa shape index (κ2) is 45.0. The maximum atomic E-state index is 14.9. The van der Waals surface area contributed by atoms with Crippen molar-refractivity contribution in [3.8, 4) is 6.07 Å². The SMILES string of the molecule is [C-]#[N+]c1cc2c3c(cc([N+]#[C-])c4c5ccc6c7c(ccc(c1c34)c75)C(=O)N(C(CCCCCCC)CCCCCCC)C6=O)C(=O)N(C(CCCCCCC)CCCCCCC)C2=O.[C-]#[N+]c1cc2c3c(ccc4c5c(C#N)cc6c7c(ccc(c1c34)c75)C(=O)N(C(CCCCCCC)CCCCCCC)C6=O)C(=O)N(C(CCCCCCC)CCCCCCC)C2=O. The molecule has 16 nitrogen and oxygen atoms in total. The lowest BCUT2D eigenvalue weighted by Gasteiger charge is -2.36. The van der Waals surface area contributed by atoms with Crippen molar-refractivity contribution in [3.63, 3.8) is 0 Å². The summed E-state index contributed by atoms with van der Waals surface area (Å²) in [6.45, 7) is 43.1. The van der Waals surface area contributed by atoms with Crippen LogP contribution >= 0.6 is 0 Å². The lowest BCUT2D eigenvalue weighted by atomic mass is 9.79. The van der Waals surface area contributed by atoms with Crippen molar-refractivity contribution in [2.75, 3.05) is 0 Å². The summed E-state index contributed by atoms with van der Waals surface area (Å²) in [5.41, 5.74) is 4.15. The van der Waals surface area contributed by atoms with E-state index in [2.05, 4.69) is 76.0 Å². The first-order valence-corrected chi connectivity index (χ1v) is 50.1. The summed E-state index contributed by atoms with van der Waals surface area (Å²) in [4.78, 5) is 137. The summed E-state index contributed by atoms with van der Waals surface area (Å²) >= 11 is 0. The molecule has 8 amide bonds. The zero-order valence-corrected chi connectivity index (χ0v) is 78.0. The van der Waals surface area contributed by atoms with E-state index in [1.807, 2.05) is 24.3 Å². The van der Waals surface area contributed by atoms with Crippen LogP contribution in [0.4, 0.5) is 17.1 Å². The van der Waals surface area contributed by atoms with E-state index in [1.54, 1.807) is 53.4 Å². The molecule has 4 heterocycles. The van der Waals surface area contributed by atoms with Crippen molar-refractivity contribution in [1.82, 2.24) is 19.6 Å². The van der Waals surface area contributed by atoms with E-state index in [4.69, 9.17) is 19.7 Å². The van der Waals surface area contributed by atoms with Gasteiger partial charge in [-0.15, -0.1) is 0 Å². The Morgan fingerprint density at radius 1 is 0.234 bits per heavy atom. The molecule has 4 aliphatic heterocycles. The molecule has 0 aliphatic carbocycles. The first-order chi connectivity index (χ1) is 62.5. The molecule has 0 radical (unpaired) electrons. The minimum atomic E-state index is -0.375. The molecule has 0 saturated carbocycles. The molecule has 10 aromatic carbocycles. The van der Waals surface area contributed by atoms with Gasteiger partial charge in [-0.3, -0.25) is 58.0 Å². The fourth-order valence-corrected chi connectivity index (χ4v) is 22.1. The van der Waals surface area contributed by atoms with Crippen molar-refractivity contribution in [1.29, 1.82) is 5.26 Å². The maximum Gasteiger partial charge on any atom is 0.261 e. The predicted octanol–water partition coefficient (Wildman–Crippen LogP) is 31.7. The topological polar surface area (TPSA) is 186 Å². The van der Waals surface area contributed by atoms with E-state index in [1.165, 1.54) is 53.2 Å². The number of imide groups is 4. The highest BCUT2D eigenvalue weighted by molar-refractivity contribution is 6.46. The molecule has 0 N–H and O–H groups in total. The average molecular weight is 1720 g/mol. The summed E-state index contributed by atoms with van der Waals surface area (Å²) in [6, 6.07) is 22.7. The summed E-state index contributed by atoms with van der Waals surface area (Å²) < 4.78 is 0. The number of hydrogen-bond acceptors (Lipinski definition) is 9. The first kappa shape index (κ1) is 94.9. The molecule has 14 rings (SSSR count). The van der Waals surface area contributed by atoms with Gasteiger partial charge < -0.3 is 0 Å². The van der Waals surface area contributed by atoms with Gasteiger partial charge in [-0.2, -0.15) is 5.26 Å². The lowest BCUT2D eigenvalue weighted by Crippen LogP contribution is -2.47. The number of nitrogens with zero attached hydrogens (tertiary/aromatic N) is 8. The third kappa shape index (κ3) is 19.0. The van der Waals surface area contributed by atoms with Crippen molar-refractivity contribution in [3.05, 3.63) is 157 Å². The molecule has 0 saturated heterocycles. The van der Waals surface area contributed by atoms with Gasteiger partial charge >= 0.3 is 0 Å². The highest BCUT2D eigenvalue weighted by Crippen LogP contribution is 2.55. The van der Waals surface area contributed by atoms with Crippen LogP contribution in [-0.2, 0) is 0 Å². The van der Waals surface area contributed by atoms with E-state index >= 15 is 0 Å². The number of hydrogen-bond donors (Lipinski definition) is 0. The number of unbranched alkanes of at least 4 members (excludes halogenated alkanes) is 32. The summed E-state index contributed by atoms with van der Waals surface area (Å²) in [5, 5.41) is 20.2. The van der Waals surface area contributed by atoms with E-state index in [0.29, 0.717) is 131 Å². The van der Waals surface area contributed by atoms with Crippen molar-refractivity contribution >= 4 is 150 Å². The summed E-state index contributed by atoms with van der Waals surface area (Å²) in [5.74, 6) is -2.68. The third-order valence-electron chi connectivity index (χ3n) is 28.8. The van der Waals surface area contributed by atoms with Crippen LogP contribution in [0, 0.1) is 31.0 Å². The van der Waals surface area contributed by atoms with Gasteiger partial charge in [-0.05, 0) is 159 Å². The van der Waals surface area contributed by atoms with Crippen LogP contribution in [-0.4, -0.2) is 91.0 Å². The lowest BCUT2D eigenvalue weighted by molar-refractivity contribution is 0.0501. The molecule has 10 aromatic rings. The van der Waals surface area contributed by atoms with Gasteiger partial charge in [0.2, 0.25) is 0 Å². The minimum Gasteiger partial charge on any atom is -0.271 e. The number of benzene rings is 10. The maximum absolute atomic E-state index is 14.9. The van der Waals surface area contributed by atoms with Gasteiger partial charge in [0.05, 0.1) is 36.9 Å². The van der Waals surface area contributed by atoms with Crippen molar-refractivity contribution < 1.29 is 38.4 Å². The molecule has 0 atom stereocenters. The number of amides is 8. The van der Waals surface area contributed by atoms with Crippen molar-refractivity contribution in [2.24, 2.45) is 0 Å². The number of carbonyl (C=O) groups excluding carboxylic acids is 8. The van der Waals surface area contributed by atoms with Crippen LogP contribution in [0.25, 0.3) is 101 Å². The fourth-order valence-electron chi connectivity index (χ4n) is 22.1. The first-order valence-electron chi connectivity index (χ1n) is 50.1. The van der Waals surface area contributed by atoms with E-state index in [0.717, 1.165) is 270 Å². The highest BCUT2D eigenvalue weighted by atomic mass is 16.2. The van der Waals surface area contributed by atoms with E-state index < -0.39 is 0 Å². The Morgan fingerprint density at radius 2 is 0.430 bits per heavy atom. The minimum absolute atomic E-state index is 0.200. The normalized spacial score (nSPS) is 13.9. The number of nitriles is 1. The molecule has 0 spiro atoms. The predicted molar refractivity (Wildman–Crippen MR) is 523 cm³/mol. The van der Waals surface area contributed by atoms with Gasteiger partial charge in [-0.1, -0.05) is 336 Å². The molecule has 672 valence electrons. The third-order valence-corrected chi connectivity index (χ3v) is 28.8. The quantitative estimate of drug-likeness (QED) is 0.0118. The second-order valence-corrected chi connectivity index (χ2v) is 37.6. The smallest absolute Gasteiger partial charge is 0.261 e. The molecular formula is C112H136N8O8. The number of rotatable bonds is 52. The monoisotopic (exact) mass is 1720 g/mol. The molecule has 0 bridgehead atoms. The molecule has 0 aromatic heterocycles. The molecule has 16 heteroatoms. The molecule has 128 heavy (non-hydrogen) atoms. The molecule has 0 unspecified atom stereocenters. The molecule has 4 aliphatic rings. The number of carbonyl (C=O) groups is 8. The van der Waals surface area contributed by atoms with Crippen LogP contribution < -0.4 is 0 Å². The van der Waals surface area contributed by atoms with Crippen LogP contribution in [0.2, 0.25) is 0 Å². The van der Waals surface area contributed by atoms with Crippen LogP contribution in [0.5, 0.6) is 0 Å². The second-order valence-electron chi connectivity index (χ2n) is 37.6. The summed E-state index contributed by atoms with van der Waals surface area (Å²) in [7, 11) is 0. The summed E-state index contributed by atoms with van der Waals surface area (Å²) in [6.07, 6.45) is 49.5. The van der Waals surface area contributed by atoms with Gasteiger partial charge in [-0.25, -0.2) is 14.5 Å². The molecular weight excluding hydrogens is 1590 g/mol. The Balaban J connectivity index is 0.000000219. The zero-order chi connectivity index (χ0) is 90.7. The largest absolute Gasteiger partial charge is 0.271 e. The Labute approximate surface area is 760 Å². The van der Waals surface area contributed by atoms with Gasteiger partial charge in [0.1, 0.15) is 0 Å². The van der Waals surface area contributed by atoms with Crippen molar-refractivity contribution in [2.45, 2.75) is 388 Å². The van der Waals surface area contributed by atoms with Gasteiger partial charge in [0, 0.05) is 90.0 Å². The van der Waals surface area contributed by atoms with E-state index in [-0.39, 0.29) is 94.1 Å². The Hall–Kier alpha value is -10.7. The fraction of sp³-hybridized carbons (Fsp3) is 0.536. The highest BCUT2D eigenvalue weighted by Gasteiger charge is 2.45. The zero-order valence-electron chi connectivity index (χ0n) is 78.0. The van der Waals surface area contributed by atoms with Crippen LogP contribution in [0.3, 0.4) is 0 Å². The average Bonchev–Trinajstić information content (AvgIpc) is 0.684. The standard InChI is InChI=1S/2C56H68N4O4/c1-7-11-15-19-23-27-37(28-24-20-16-12-8-2)59-53(61)41-33-31-39-47-40(32-34-42(48(41)47)54(59)62)51-46(58-6)36-44-49-43(35-45(57-5)50(39)52(49)51)55(63)60(56(44)64)38(29-25-21-17-13-9-3)30-26-22-18-14-10-4;1-6-10-14-18-22-26-38(27-23-19-15-11-7-2)59-53(61)42-33-31-41-50-46(58-5)35-45-49-43(32-30-40(52(49)50)47-37(36-57)34-44(55(59)63)48(42)51(41)47)54(62)60(56(45)64)39(28-24-20-16-12-8-3)29-25-21-17-13-9-4/h31-38H,7-30H2,1-4H3;30-35,38-39H,6-29H2,1-4H3. The van der Waals surface area contributed by atoms with Crippen LogP contribution in [0.1, 0.15) is 452 Å². The van der Waals surface area contributed by atoms with Gasteiger partial charge in [0.15, 0.2) is 17.1 Å². The van der Waals surface area contributed by atoms with Crippen LogP contribution in [0.15, 0.2) is 72.8 Å². The number of fused-ring (bicyclic) bond motifs is 4. The van der Waals surface area contributed by atoms with E-state index in [9.17, 15) is 43.6 Å². The van der Waals surface area contributed by atoms with Gasteiger partial charge in [0.25, 0.3) is 47.3 Å². The Morgan fingerprint density at radius 3 is 0.672 bits per heavy atom.